The first-order valence-electron chi connectivity index (χ1n) is 10.3. The highest BCUT2D eigenvalue weighted by Crippen LogP contribution is 2.30. The minimum atomic E-state index is -1.13. The third-order valence-corrected chi connectivity index (χ3v) is 4.81. The molecule has 0 heterocycles. The van der Waals surface area contributed by atoms with Gasteiger partial charge in [-0.1, -0.05) is 26.8 Å². The number of hydrogen-bond donors (Lipinski definition) is 2. The van der Waals surface area contributed by atoms with Gasteiger partial charge in [0.15, 0.2) is 11.5 Å². The first kappa shape index (κ1) is 27.7. The van der Waals surface area contributed by atoms with Crippen molar-refractivity contribution in [2.24, 2.45) is 11.8 Å². The van der Waals surface area contributed by atoms with Gasteiger partial charge in [-0.2, -0.15) is 0 Å². The third kappa shape index (κ3) is 9.36. The van der Waals surface area contributed by atoms with Crippen LogP contribution >= 0.6 is 0 Å². The molecular weight excluding hydrogens is 438 g/mol. The molecule has 0 aliphatic carbocycles. The molecule has 11 nitrogen and oxygen atoms in total. The second kappa shape index (κ2) is 13.3. The number of carboxylic acid groups (broad SMARTS) is 1. The zero-order valence-corrected chi connectivity index (χ0v) is 19.6. The van der Waals surface area contributed by atoms with Gasteiger partial charge in [0, 0.05) is 6.54 Å². The number of rotatable bonds is 11. The minimum Gasteiger partial charge on any atom is -0.480 e. The average Bonchev–Trinajstić information content (AvgIpc) is 2.76. The van der Waals surface area contributed by atoms with E-state index in [1.807, 2.05) is 13.8 Å². The van der Waals surface area contributed by atoms with Crippen molar-refractivity contribution in [2.75, 3.05) is 20.8 Å². The zero-order valence-electron chi connectivity index (χ0n) is 19.6. The van der Waals surface area contributed by atoms with Crippen molar-refractivity contribution in [1.82, 2.24) is 5.32 Å². The van der Waals surface area contributed by atoms with Crippen LogP contribution in [0, 0.1) is 11.8 Å². The van der Waals surface area contributed by atoms with Crippen LogP contribution in [0.3, 0.4) is 0 Å². The smallest absolute Gasteiger partial charge is 0.480 e. The van der Waals surface area contributed by atoms with Crippen LogP contribution in [-0.4, -0.2) is 62.3 Å². The van der Waals surface area contributed by atoms with Gasteiger partial charge in [-0.05, 0) is 37.0 Å². The standard InChI is InChI=1S/C22H31NO10/c1-12(2)14(4)20(26)31-13(3)11-23-16(19(24)25)9-15-7-8-17(32-21(27)29-5)18(10-15)33-22(28)30-6/h7-8,10,12-14,16,23H,9,11H2,1-6H3,(H,24,25)/t13?,14?,16-/m0/s1. The Hall–Kier alpha value is -3.34. The quantitative estimate of drug-likeness (QED) is 0.280. The Morgan fingerprint density at radius 3 is 2.03 bits per heavy atom. The van der Waals surface area contributed by atoms with Crippen molar-refractivity contribution in [3.63, 3.8) is 0 Å². The number of carbonyl (C=O) groups is 4. The summed E-state index contributed by atoms with van der Waals surface area (Å²) in [6.45, 7) is 7.37. The van der Waals surface area contributed by atoms with Crippen molar-refractivity contribution in [3.05, 3.63) is 23.8 Å². The number of hydrogen-bond acceptors (Lipinski definition) is 10. The van der Waals surface area contributed by atoms with Crippen LogP contribution in [0.1, 0.15) is 33.3 Å². The molecule has 0 bridgehead atoms. The van der Waals surface area contributed by atoms with E-state index in [0.29, 0.717) is 5.56 Å². The van der Waals surface area contributed by atoms with Crippen molar-refractivity contribution in [2.45, 2.75) is 46.3 Å². The molecule has 0 saturated heterocycles. The predicted molar refractivity (Wildman–Crippen MR) is 115 cm³/mol. The van der Waals surface area contributed by atoms with Gasteiger partial charge >= 0.3 is 24.2 Å². The topological polar surface area (TPSA) is 147 Å². The Kier molecular flexibility index (Phi) is 11.1. The summed E-state index contributed by atoms with van der Waals surface area (Å²) in [6.07, 6.45) is -2.64. The molecule has 1 aromatic carbocycles. The van der Waals surface area contributed by atoms with Gasteiger partial charge in [0.1, 0.15) is 12.1 Å². The monoisotopic (exact) mass is 469 g/mol. The van der Waals surface area contributed by atoms with Crippen LogP contribution in [0.2, 0.25) is 0 Å². The van der Waals surface area contributed by atoms with Crippen molar-refractivity contribution in [1.29, 1.82) is 0 Å². The number of carboxylic acids is 1. The van der Waals surface area contributed by atoms with E-state index in [1.54, 1.807) is 13.8 Å². The molecule has 33 heavy (non-hydrogen) atoms. The lowest BCUT2D eigenvalue weighted by Gasteiger charge is -2.21. The van der Waals surface area contributed by atoms with Gasteiger partial charge in [0.2, 0.25) is 0 Å². The maximum Gasteiger partial charge on any atom is 0.513 e. The average molecular weight is 469 g/mol. The molecule has 0 aromatic heterocycles. The summed E-state index contributed by atoms with van der Waals surface area (Å²) in [6, 6.07) is 3.15. The number of benzene rings is 1. The van der Waals surface area contributed by atoms with E-state index >= 15 is 0 Å². The predicted octanol–water partition coefficient (Wildman–Crippen LogP) is 2.79. The highest BCUT2D eigenvalue weighted by Gasteiger charge is 2.24. The van der Waals surface area contributed by atoms with Gasteiger partial charge < -0.3 is 34.1 Å². The summed E-state index contributed by atoms with van der Waals surface area (Å²) in [7, 11) is 2.22. The first-order valence-corrected chi connectivity index (χ1v) is 10.3. The van der Waals surface area contributed by atoms with Crippen LogP contribution in [-0.2, 0) is 30.2 Å². The number of carbonyl (C=O) groups excluding carboxylic acids is 3. The zero-order chi connectivity index (χ0) is 25.1. The molecule has 3 atom stereocenters. The molecule has 184 valence electrons. The summed E-state index contributed by atoms with van der Waals surface area (Å²) >= 11 is 0. The molecule has 0 radical (unpaired) electrons. The fourth-order valence-corrected chi connectivity index (χ4v) is 2.52. The molecule has 0 amide bonds. The van der Waals surface area contributed by atoms with E-state index < -0.39 is 30.4 Å². The number of aliphatic carboxylic acids is 1. The van der Waals surface area contributed by atoms with E-state index in [1.165, 1.54) is 18.2 Å². The van der Waals surface area contributed by atoms with Gasteiger partial charge in [-0.3, -0.25) is 9.59 Å². The van der Waals surface area contributed by atoms with E-state index in [4.69, 9.17) is 14.2 Å². The lowest BCUT2D eigenvalue weighted by atomic mass is 9.98. The SMILES string of the molecule is COC(=O)Oc1ccc(C[C@H](NCC(C)OC(=O)C(C)C(C)C)C(=O)O)cc1OC(=O)OC. The molecule has 1 rings (SSSR count). The summed E-state index contributed by atoms with van der Waals surface area (Å²) in [5, 5.41) is 12.4. The lowest BCUT2D eigenvalue weighted by Crippen LogP contribution is -2.43. The van der Waals surface area contributed by atoms with Crippen LogP contribution in [0.4, 0.5) is 9.59 Å². The summed E-state index contributed by atoms with van der Waals surface area (Å²) in [5.41, 5.74) is 0.462. The van der Waals surface area contributed by atoms with Gasteiger partial charge in [-0.25, -0.2) is 9.59 Å². The third-order valence-electron chi connectivity index (χ3n) is 4.81. The first-order chi connectivity index (χ1) is 15.5. The molecule has 1 aromatic rings. The largest absolute Gasteiger partial charge is 0.513 e. The Morgan fingerprint density at radius 2 is 1.52 bits per heavy atom. The fourth-order valence-electron chi connectivity index (χ4n) is 2.52. The van der Waals surface area contributed by atoms with Crippen molar-refractivity contribution in [3.8, 4) is 11.5 Å². The summed E-state index contributed by atoms with van der Waals surface area (Å²) < 4.78 is 24.1. The highest BCUT2D eigenvalue weighted by molar-refractivity contribution is 5.74. The molecule has 2 N–H and O–H groups in total. The number of ether oxygens (including phenoxy) is 5. The van der Waals surface area contributed by atoms with E-state index in [0.717, 1.165) is 14.2 Å². The molecule has 0 aliphatic heterocycles. The molecular formula is C22H31NO10. The fraction of sp³-hybridized carbons (Fsp3) is 0.545. The van der Waals surface area contributed by atoms with Crippen LogP contribution < -0.4 is 14.8 Å². The normalized spacial score (nSPS) is 13.4. The number of nitrogens with one attached hydrogen (secondary N) is 1. The Labute approximate surface area is 192 Å². The van der Waals surface area contributed by atoms with Gasteiger partial charge in [-0.15, -0.1) is 0 Å². The van der Waals surface area contributed by atoms with Crippen molar-refractivity contribution < 1.29 is 48.0 Å². The Balaban J connectivity index is 2.90. The number of methoxy groups -OCH3 is 2. The van der Waals surface area contributed by atoms with Crippen LogP contribution in [0.15, 0.2) is 18.2 Å². The molecule has 2 unspecified atom stereocenters. The van der Waals surface area contributed by atoms with Crippen molar-refractivity contribution >= 4 is 24.2 Å². The molecule has 0 spiro atoms. The summed E-state index contributed by atoms with van der Waals surface area (Å²) in [5.74, 6) is -1.90. The van der Waals surface area contributed by atoms with E-state index in [-0.39, 0.29) is 42.3 Å². The van der Waals surface area contributed by atoms with Gasteiger partial charge in [0.25, 0.3) is 0 Å². The molecule has 0 fully saturated rings. The van der Waals surface area contributed by atoms with E-state index in [9.17, 15) is 24.3 Å². The maximum atomic E-state index is 12.1. The highest BCUT2D eigenvalue weighted by atomic mass is 16.7. The Bertz CT molecular complexity index is 838. The molecule has 0 saturated carbocycles. The second-order valence-electron chi connectivity index (χ2n) is 7.68. The maximum absolute atomic E-state index is 12.1. The second-order valence-corrected chi connectivity index (χ2v) is 7.68. The molecule has 0 aliphatic rings. The summed E-state index contributed by atoms with van der Waals surface area (Å²) in [4.78, 5) is 46.7. The minimum absolute atomic E-state index is 0.00552. The van der Waals surface area contributed by atoms with Crippen LogP contribution in [0.5, 0.6) is 11.5 Å². The number of esters is 1. The van der Waals surface area contributed by atoms with Gasteiger partial charge in [0.05, 0.1) is 20.1 Å². The Morgan fingerprint density at radius 1 is 0.939 bits per heavy atom. The van der Waals surface area contributed by atoms with E-state index in [2.05, 4.69) is 14.8 Å². The lowest BCUT2D eigenvalue weighted by molar-refractivity contribution is -0.154. The molecule has 11 heteroatoms. The van der Waals surface area contributed by atoms with Crippen LogP contribution in [0.25, 0.3) is 0 Å².